The predicted octanol–water partition coefficient (Wildman–Crippen LogP) is 1.58. The van der Waals surface area contributed by atoms with E-state index < -0.39 is 16.9 Å². The molecule has 21 heavy (non-hydrogen) atoms. The van der Waals surface area contributed by atoms with Crippen LogP contribution in [0.15, 0.2) is 24.3 Å². The number of β-amino-alcohol motifs (C(OH)–C–C–N with tert-alkyl or cyclic N) is 1. The number of benzene rings is 1. The molecule has 0 amide bonds. The second-order valence-electron chi connectivity index (χ2n) is 6.27. The Hall–Kier alpha value is -0.910. The number of hydrogen-bond acceptors (Lipinski definition) is 4. The smallest absolute Gasteiger partial charge is 0.122 e. The minimum absolute atomic E-state index is 0.200. The molecule has 0 bridgehead atoms. The summed E-state index contributed by atoms with van der Waals surface area (Å²) in [4.78, 5) is 2.17. The van der Waals surface area contributed by atoms with Gasteiger partial charge in [0.15, 0.2) is 0 Å². The first-order valence-electron chi connectivity index (χ1n) is 7.36. The third-order valence-electron chi connectivity index (χ3n) is 3.81. The molecule has 0 aliphatic carbocycles. The molecule has 1 aromatic rings. The molecule has 1 saturated heterocycles. The van der Waals surface area contributed by atoms with Crippen LogP contribution in [0, 0.1) is 6.92 Å². The van der Waals surface area contributed by atoms with Crippen molar-refractivity contribution in [1.29, 1.82) is 0 Å². The van der Waals surface area contributed by atoms with Crippen molar-refractivity contribution < 1.29 is 14.1 Å². The Morgan fingerprint density at radius 2 is 2.14 bits per heavy atom. The average molecular weight is 311 g/mol. The molecule has 1 fully saturated rings. The standard InChI is InChI=1S/C16H25NO3S/c1-13-6-4-5-7-15(13)20-11-14(18)10-17-8-9-21(19)16(2,3)12-17/h4-7,14,18H,8-12H2,1-3H3. The summed E-state index contributed by atoms with van der Waals surface area (Å²) < 4.78 is 17.4. The van der Waals surface area contributed by atoms with E-state index in [2.05, 4.69) is 4.90 Å². The highest BCUT2D eigenvalue weighted by Gasteiger charge is 2.33. The zero-order valence-corrected chi connectivity index (χ0v) is 13.9. The van der Waals surface area contributed by atoms with E-state index in [9.17, 15) is 9.32 Å². The topological polar surface area (TPSA) is 49.8 Å². The van der Waals surface area contributed by atoms with Crippen LogP contribution in [-0.4, -0.2) is 57.1 Å². The Balaban J connectivity index is 1.81. The molecule has 0 spiro atoms. The molecular formula is C16H25NO3S. The van der Waals surface area contributed by atoms with E-state index in [4.69, 9.17) is 4.74 Å². The van der Waals surface area contributed by atoms with Gasteiger partial charge in [-0.15, -0.1) is 0 Å². The van der Waals surface area contributed by atoms with Crippen LogP contribution in [0.5, 0.6) is 5.75 Å². The van der Waals surface area contributed by atoms with Gasteiger partial charge in [-0.2, -0.15) is 0 Å². The Morgan fingerprint density at radius 3 is 2.81 bits per heavy atom. The van der Waals surface area contributed by atoms with Gasteiger partial charge in [-0.1, -0.05) is 18.2 Å². The molecule has 0 radical (unpaired) electrons. The van der Waals surface area contributed by atoms with Gasteiger partial charge in [0.25, 0.3) is 0 Å². The van der Waals surface area contributed by atoms with Gasteiger partial charge in [0.1, 0.15) is 18.5 Å². The lowest BCUT2D eigenvalue weighted by Gasteiger charge is -2.38. The second-order valence-corrected chi connectivity index (χ2v) is 8.48. The van der Waals surface area contributed by atoms with Crippen molar-refractivity contribution in [2.24, 2.45) is 0 Å². The molecule has 2 unspecified atom stereocenters. The van der Waals surface area contributed by atoms with E-state index in [1.54, 1.807) is 0 Å². The van der Waals surface area contributed by atoms with E-state index in [0.29, 0.717) is 12.3 Å². The number of hydrogen-bond donors (Lipinski definition) is 1. The fourth-order valence-corrected chi connectivity index (χ4v) is 3.89. The third kappa shape index (κ3) is 4.53. The van der Waals surface area contributed by atoms with Crippen LogP contribution in [-0.2, 0) is 10.8 Å². The summed E-state index contributed by atoms with van der Waals surface area (Å²) >= 11 is 0. The predicted molar refractivity (Wildman–Crippen MR) is 86.2 cm³/mol. The van der Waals surface area contributed by atoms with Gasteiger partial charge in [0.05, 0.1) is 4.75 Å². The van der Waals surface area contributed by atoms with Crippen LogP contribution >= 0.6 is 0 Å². The van der Waals surface area contributed by atoms with Gasteiger partial charge >= 0.3 is 0 Å². The van der Waals surface area contributed by atoms with Crippen LogP contribution in [0.25, 0.3) is 0 Å². The molecule has 118 valence electrons. The van der Waals surface area contributed by atoms with Gasteiger partial charge in [-0.25, -0.2) is 0 Å². The summed E-state index contributed by atoms with van der Waals surface area (Å²) in [5.74, 6) is 1.50. The maximum absolute atomic E-state index is 11.9. The number of aliphatic hydroxyl groups excluding tert-OH is 1. The van der Waals surface area contributed by atoms with Crippen molar-refractivity contribution in [3.8, 4) is 5.75 Å². The number of aryl methyl sites for hydroxylation is 1. The number of aliphatic hydroxyl groups is 1. The maximum Gasteiger partial charge on any atom is 0.122 e. The summed E-state index contributed by atoms with van der Waals surface area (Å²) in [5.41, 5.74) is 1.07. The molecule has 1 aliphatic heterocycles. The van der Waals surface area contributed by atoms with E-state index in [1.165, 1.54) is 0 Å². The normalized spacial score (nSPS) is 23.7. The SMILES string of the molecule is Cc1ccccc1OCC(O)CN1CCS(=O)C(C)(C)C1. The quantitative estimate of drug-likeness (QED) is 0.897. The zero-order valence-electron chi connectivity index (χ0n) is 13.0. The molecule has 1 N–H and O–H groups in total. The van der Waals surface area contributed by atoms with Crippen LogP contribution < -0.4 is 4.74 Å². The molecule has 0 aromatic heterocycles. The highest BCUT2D eigenvalue weighted by atomic mass is 32.2. The summed E-state index contributed by atoms with van der Waals surface area (Å²) in [6, 6.07) is 7.80. The second kappa shape index (κ2) is 6.90. The Kier molecular flexibility index (Phi) is 5.41. The molecule has 2 rings (SSSR count). The van der Waals surface area contributed by atoms with E-state index in [-0.39, 0.29) is 11.4 Å². The van der Waals surface area contributed by atoms with Crippen molar-refractivity contribution >= 4 is 10.8 Å². The first-order chi connectivity index (χ1) is 9.88. The van der Waals surface area contributed by atoms with Gasteiger partial charge in [0.2, 0.25) is 0 Å². The van der Waals surface area contributed by atoms with Crippen molar-refractivity contribution in [2.45, 2.75) is 31.6 Å². The maximum atomic E-state index is 11.9. The highest BCUT2D eigenvalue weighted by Crippen LogP contribution is 2.20. The number of nitrogens with zero attached hydrogens (tertiary/aromatic N) is 1. The lowest BCUT2D eigenvalue weighted by atomic mass is 10.1. The zero-order chi connectivity index (χ0) is 15.5. The lowest BCUT2D eigenvalue weighted by molar-refractivity contribution is 0.0660. The number of para-hydroxylation sites is 1. The minimum atomic E-state index is -0.777. The van der Waals surface area contributed by atoms with Crippen LogP contribution in [0.4, 0.5) is 0 Å². The van der Waals surface area contributed by atoms with Gasteiger partial charge in [-0.3, -0.25) is 9.11 Å². The largest absolute Gasteiger partial charge is 0.491 e. The summed E-state index contributed by atoms with van der Waals surface area (Å²) in [6.45, 7) is 8.40. The first kappa shape index (κ1) is 16.5. The molecule has 1 aromatic carbocycles. The molecule has 2 atom stereocenters. The number of ether oxygens (including phenoxy) is 1. The minimum Gasteiger partial charge on any atom is -0.491 e. The summed E-state index contributed by atoms with van der Waals surface area (Å²) in [6.07, 6.45) is -0.535. The molecule has 1 aliphatic rings. The Bertz CT molecular complexity index is 504. The molecular weight excluding hydrogens is 286 g/mol. The first-order valence-corrected chi connectivity index (χ1v) is 8.68. The van der Waals surface area contributed by atoms with Crippen molar-refractivity contribution in [1.82, 2.24) is 4.90 Å². The Morgan fingerprint density at radius 1 is 1.43 bits per heavy atom. The molecule has 0 saturated carbocycles. The van der Waals surface area contributed by atoms with Crippen molar-refractivity contribution in [3.63, 3.8) is 0 Å². The van der Waals surface area contributed by atoms with Crippen LogP contribution in [0.3, 0.4) is 0 Å². The fraction of sp³-hybridized carbons (Fsp3) is 0.625. The van der Waals surface area contributed by atoms with Crippen molar-refractivity contribution in [2.75, 3.05) is 32.0 Å². The van der Waals surface area contributed by atoms with Crippen molar-refractivity contribution in [3.05, 3.63) is 29.8 Å². The molecule has 4 nitrogen and oxygen atoms in total. The summed E-state index contributed by atoms with van der Waals surface area (Å²) in [7, 11) is -0.777. The van der Waals surface area contributed by atoms with E-state index >= 15 is 0 Å². The van der Waals surface area contributed by atoms with Gasteiger partial charge in [0, 0.05) is 36.2 Å². The van der Waals surface area contributed by atoms with Crippen LogP contribution in [0.2, 0.25) is 0 Å². The summed E-state index contributed by atoms with van der Waals surface area (Å²) in [5, 5.41) is 10.1. The van der Waals surface area contributed by atoms with Gasteiger partial charge < -0.3 is 9.84 Å². The number of rotatable bonds is 5. The average Bonchev–Trinajstić information content (AvgIpc) is 2.42. The van der Waals surface area contributed by atoms with Gasteiger partial charge in [-0.05, 0) is 32.4 Å². The van der Waals surface area contributed by atoms with Crippen LogP contribution in [0.1, 0.15) is 19.4 Å². The third-order valence-corrected chi connectivity index (χ3v) is 5.72. The van der Waals surface area contributed by atoms with E-state index in [1.807, 2.05) is 45.0 Å². The van der Waals surface area contributed by atoms with E-state index in [0.717, 1.165) is 24.4 Å². The molecule has 1 heterocycles. The molecule has 5 heteroatoms. The fourth-order valence-electron chi connectivity index (χ4n) is 2.59. The highest BCUT2D eigenvalue weighted by molar-refractivity contribution is 7.86. The monoisotopic (exact) mass is 311 g/mol. The Labute approximate surface area is 129 Å². The lowest BCUT2D eigenvalue weighted by Crippen LogP contribution is -2.52.